The van der Waals surface area contributed by atoms with E-state index in [1.807, 2.05) is 6.92 Å². The SMILES string of the molecule is CCCCCCCCCCCCOC(=O)C(C)NCCN(CC)CC.Cl.Cl. The maximum atomic E-state index is 11.9. The molecule has 0 saturated carbocycles. The van der Waals surface area contributed by atoms with Gasteiger partial charge in [-0.3, -0.25) is 4.79 Å². The number of likely N-dealkylation sites (N-methyl/N-ethyl adjacent to an activating group) is 1. The number of nitrogens with one attached hydrogen (secondary N) is 1. The molecule has 0 heterocycles. The number of hydrogen-bond acceptors (Lipinski definition) is 4. The smallest absolute Gasteiger partial charge is 0.322 e. The number of nitrogens with zero attached hydrogens (tertiary/aromatic N) is 1. The number of halogens is 2. The lowest BCUT2D eigenvalue weighted by Gasteiger charge is -2.19. The predicted molar refractivity (Wildman–Crippen MR) is 123 cm³/mol. The molecule has 1 N–H and O–H groups in total. The lowest BCUT2D eigenvalue weighted by molar-refractivity contribution is -0.145. The van der Waals surface area contributed by atoms with Crippen LogP contribution in [-0.4, -0.2) is 49.7 Å². The minimum atomic E-state index is -0.210. The highest BCUT2D eigenvalue weighted by atomic mass is 35.5. The van der Waals surface area contributed by atoms with E-state index < -0.39 is 0 Å². The number of esters is 1. The van der Waals surface area contributed by atoms with Crippen molar-refractivity contribution in [1.82, 2.24) is 10.2 Å². The normalized spacial score (nSPS) is 11.6. The van der Waals surface area contributed by atoms with Crippen LogP contribution < -0.4 is 5.32 Å². The highest BCUT2D eigenvalue weighted by Crippen LogP contribution is 2.10. The fourth-order valence-electron chi connectivity index (χ4n) is 2.95. The predicted octanol–water partition coefficient (Wildman–Crippen LogP) is 5.61. The Bertz CT molecular complexity index is 304. The number of rotatable bonds is 18. The summed E-state index contributed by atoms with van der Waals surface area (Å²) in [6.45, 7) is 12.9. The summed E-state index contributed by atoms with van der Waals surface area (Å²) in [5.74, 6) is -0.115. The van der Waals surface area contributed by atoms with Gasteiger partial charge in [-0.1, -0.05) is 78.6 Å². The summed E-state index contributed by atoms with van der Waals surface area (Å²) >= 11 is 0. The van der Waals surface area contributed by atoms with E-state index in [4.69, 9.17) is 4.74 Å². The van der Waals surface area contributed by atoms with Crippen LogP contribution in [0.4, 0.5) is 0 Å². The average molecular weight is 430 g/mol. The molecule has 0 fully saturated rings. The number of unbranched alkanes of at least 4 members (excludes halogenated alkanes) is 9. The Morgan fingerprint density at radius 2 is 1.33 bits per heavy atom. The molecule has 0 spiro atoms. The lowest BCUT2D eigenvalue weighted by Crippen LogP contribution is -2.40. The fourth-order valence-corrected chi connectivity index (χ4v) is 2.95. The molecule has 0 aromatic rings. The van der Waals surface area contributed by atoms with Gasteiger partial charge in [0.2, 0.25) is 0 Å². The zero-order chi connectivity index (χ0) is 18.8. The van der Waals surface area contributed by atoms with Gasteiger partial charge >= 0.3 is 5.97 Å². The van der Waals surface area contributed by atoms with Gasteiger partial charge in [-0.25, -0.2) is 0 Å². The van der Waals surface area contributed by atoms with Gasteiger partial charge in [-0.05, 0) is 26.4 Å². The van der Waals surface area contributed by atoms with Crippen molar-refractivity contribution >= 4 is 30.8 Å². The summed E-state index contributed by atoms with van der Waals surface area (Å²) in [5.41, 5.74) is 0. The zero-order valence-electron chi connectivity index (χ0n) is 18.3. The molecule has 0 rings (SSSR count). The van der Waals surface area contributed by atoms with Crippen LogP contribution in [0.25, 0.3) is 0 Å². The molecule has 27 heavy (non-hydrogen) atoms. The Balaban J connectivity index is -0.00000288. The Kier molecular flexibility index (Phi) is 28.2. The minimum absolute atomic E-state index is 0. The summed E-state index contributed by atoms with van der Waals surface area (Å²) in [6.07, 6.45) is 13.0. The van der Waals surface area contributed by atoms with Gasteiger partial charge in [0.25, 0.3) is 0 Å². The van der Waals surface area contributed by atoms with Crippen molar-refractivity contribution in [2.45, 2.75) is 97.9 Å². The van der Waals surface area contributed by atoms with Crippen LogP contribution in [0.2, 0.25) is 0 Å². The molecule has 0 aromatic carbocycles. The van der Waals surface area contributed by atoms with Gasteiger partial charge < -0.3 is 15.0 Å². The van der Waals surface area contributed by atoms with E-state index in [-0.39, 0.29) is 36.8 Å². The minimum Gasteiger partial charge on any atom is -0.465 e. The quantitative estimate of drug-likeness (QED) is 0.227. The van der Waals surface area contributed by atoms with Crippen LogP contribution in [0, 0.1) is 0 Å². The molecule has 4 nitrogen and oxygen atoms in total. The van der Waals surface area contributed by atoms with Crippen molar-refractivity contribution in [3.05, 3.63) is 0 Å². The maximum Gasteiger partial charge on any atom is 0.322 e. The molecule has 1 atom stereocenters. The first-order valence-corrected chi connectivity index (χ1v) is 10.8. The molecule has 0 amide bonds. The number of hydrogen-bond donors (Lipinski definition) is 1. The van der Waals surface area contributed by atoms with Crippen LogP contribution in [0.5, 0.6) is 0 Å². The van der Waals surface area contributed by atoms with Crippen molar-refractivity contribution < 1.29 is 9.53 Å². The Hall–Kier alpha value is -0.0300. The van der Waals surface area contributed by atoms with Crippen molar-refractivity contribution in [3.63, 3.8) is 0 Å². The summed E-state index contributed by atoms with van der Waals surface area (Å²) in [6, 6.07) is -0.210. The van der Waals surface area contributed by atoms with E-state index in [0.29, 0.717) is 6.61 Å². The highest BCUT2D eigenvalue weighted by Gasteiger charge is 2.13. The summed E-state index contributed by atoms with van der Waals surface area (Å²) in [4.78, 5) is 14.3. The molecule has 0 aliphatic rings. The van der Waals surface area contributed by atoms with Gasteiger partial charge in [0, 0.05) is 13.1 Å². The van der Waals surface area contributed by atoms with Crippen LogP contribution in [0.15, 0.2) is 0 Å². The largest absolute Gasteiger partial charge is 0.465 e. The summed E-state index contributed by atoms with van der Waals surface area (Å²) < 4.78 is 5.37. The second-order valence-electron chi connectivity index (χ2n) is 7.05. The third-order valence-corrected chi connectivity index (χ3v) is 4.87. The molecule has 0 radical (unpaired) electrons. The van der Waals surface area contributed by atoms with Crippen molar-refractivity contribution in [3.8, 4) is 0 Å². The van der Waals surface area contributed by atoms with Crippen molar-refractivity contribution in [1.29, 1.82) is 0 Å². The molecule has 0 saturated heterocycles. The number of carbonyl (C=O) groups excluding carboxylic acids is 1. The van der Waals surface area contributed by atoms with Gasteiger partial charge in [0.05, 0.1) is 6.61 Å². The van der Waals surface area contributed by atoms with E-state index in [1.54, 1.807) is 0 Å². The van der Waals surface area contributed by atoms with Gasteiger partial charge in [0.15, 0.2) is 0 Å². The molecule has 166 valence electrons. The van der Waals surface area contributed by atoms with E-state index in [0.717, 1.165) is 32.6 Å². The Morgan fingerprint density at radius 3 is 1.81 bits per heavy atom. The molecule has 0 aromatic heterocycles. The maximum absolute atomic E-state index is 11.9. The fraction of sp³-hybridized carbons (Fsp3) is 0.952. The van der Waals surface area contributed by atoms with E-state index >= 15 is 0 Å². The second-order valence-corrected chi connectivity index (χ2v) is 7.05. The molecule has 0 aliphatic carbocycles. The first-order valence-electron chi connectivity index (χ1n) is 10.8. The van der Waals surface area contributed by atoms with E-state index in [1.165, 1.54) is 57.8 Å². The van der Waals surface area contributed by atoms with Gasteiger partial charge in [-0.2, -0.15) is 0 Å². The monoisotopic (exact) mass is 428 g/mol. The molecule has 6 heteroatoms. The third-order valence-electron chi connectivity index (χ3n) is 4.87. The van der Waals surface area contributed by atoms with E-state index in [9.17, 15) is 4.79 Å². The van der Waals surface area contributed by atoms with Crippen LogP contribution in [-0.2, 0) is 9.53 Å². The van der Waals surface area contributed by atoms with Gasteiger partial charge in [0.1, 0.15) is 6.04 Å². The summed E-state index contributed by atoms with van der Waals surface area (Å²) in [5, 5.41) is 3.25. The third kappa shape index (κ3) is 20.5. The van der Waals surface area contributed by atoms with Crippen molar-refractivity contribution in [2.75, 3.05) is 32.8 Å². The standard InChI is InChI=1S/C21H44N2O2.2ClH/c1-5-8-9-10-11-12-13-14-15-16-19-25-21(24)20(4)22-17-18-23(6-2)7-3;;/h20,22H,5-19H2,1-4H3;2*1H. The molecule has 0 aliphatic heterocycles. The van der Waals surface area contributed by atoms with Crippen LogP contribution >= 0.6 is 24.8 Å². The Labute approximate surface area is 181 Å². The second kappa shape index (κ2) is 24.0. The average Bonchev–Trinajstić information content (AvgIpc) is 2.62. The molecule has 1 unspecified atom stereocenters. The molecular formula is C21H46Cl2N2O2. The van der Waals surface area contributed by atoms with Crippen molar-refractivity contribution in [2.24, 2.45) is 0 Å². The summed E-state index contributed by atoms with van der Waals surface area (Å²) in [7, 11) is 0. The topological polar surface area (TPSA) is 41.6 Å². The van der Waals surface area contributed by atoms with Crippen LogP contribution in [0.3, 0.4) is 0 Å². The van der Waals surface area contributed by atoms with Crippen LogP contribution in [0.1, 0.15) is 91.9 Å². The first-order chi connectivity index (χ1) is 12.2. The number of carbonyl (C=O) groups is 1. The van der Waals surface area contributed by atoms with E-state index in [2.05, 4.69) is 31.0 Å². The number of ether oxygens (including phenoxy) is 1. The first kappa shape index (κ1) is 31.7. The Morgan fingerprint density at radius 1 is 0.852 bits per heavy atom. The lowest BCUT2D eigenvalue weighted by atomic mass is 10.1. The molecule has 0 bridgehead atoms. The highest BCUT2D eigenvalue weighted by molar-refractivity contribution is 5.85. The zero-order valence-corrected chi connectivity index (χ0v) is 19.9. The molecular weight excluding hydrogens is 383 g/mol. The van der Waals surface area contributed by atoms with Gasteiger partial charge in [-0.15, -0.1) is 24.8 Å².